The van der Waals surface area contributed by atoms with E-state index < -0.39 is 0 Å². The fourth-order valence-corrected chi connectivity index (χ4v) is 2.74. The summed E-state index contributed by atoms with van der Waals surface area (Å²) in [7, 11) is 0. The van der Waals surface area contributed by atoms with Gasteiger partial charge in [0.15, 0.2) is 22.4 Å². The number of ether oxygens (including phenoxy) is 2. The number of hydrogen-bond donors (Lipinski definition) is 1. The zero-order valence-corrected chi connectivity index (χ0v) is 12.6. The van der Waals surface area contributed by atoms with Crippen LogP contribution in [-0.4, -0.2) is 22.8 Å². The Kier molecular flexibility index (Phi) is 3.43. The molecule has 1 aromatic carbocycles. The maximum Gasteiger partial charge on any atom is 0.232 e. The Morgan fingerprint density at radius 2 is 2.17 bits per heavy atom. The molecule has 3 aromatic rings. The highest BCUT2D eigenvalue weighted by Crippen LogP contribution is 2.36. The Hall–Kier alpha value is -2.87. The van der Waals surface area contributed by atoms with Gasteiger partial charge in [-0.2, -0.15) is 0 Å². The van der Waals surface area contributed by atoms with E-state index in [1.165, 1.54) is 11.3 Å². The topological polar surface area (TPSA) is 86.5 Å². The number of amides is 1. The Morgan fingerprint density at radius 3 is 3.04 bits per heavy atom. The van der Waals surface area contributed by atoms with Gasteiger partial charge in [0.2, 0.25) is 12.7 Å². The molecule has 0 saturated heterocycles. The van der Waals surface area contributed by atoms with Crippen molar-refractivity contribution < 1.29 is 18.8 Å². The molecule has 1 aliphatic rings. The van der Waals surface area contributed by atoms with Crippen LogP contribution in [-0.2, 0) is 11.2 Å². The van der Waals surface area contributed by atoms with Gasteiger partial charge >= 0.3 is 0 Å². The molecule has 8 heteroatoms. The molecule has 1 N–H and O–H groups in total. The molecule has 0 bridgehead atoms. The van der Waals surface area contributed by atoms with E-state index in [1.807, 2.05) is 18.2 Å². The van der Waals surface area contributed by atoms with Crippen molar-refractivity contribution in [1.29, 1.82) is 0 Å². The number of aromatic nitrogens is 2. The van der Waals surface area contributed by atoms with E-state index in [9.17, 15) is 4.79 Å². The molecule has 0 spiro atoms. The number of carbonyl (C=O) groups excluding carboxylic acids is 1. The van der Waals surface area contributed by atoms with Crippen LogP contribution in [0, 0.1) is 0 Å². The van der Waals surface area contributed by atoms with Gasteiger partial charge in [-0.15, -0.1) is 11.3 Å². The van der Waals surface area contributed by atoms with E-state index in [1.54, 1.807) is 17.6 Å². The zero-order valence-electron chi connectivity index (χ0n) is 11.8. The Labute approximate surface area is 134 Å². The van der Waals surface area contributed by atoms with Crippen LogP contribution in [0.3, 0.4) is 0 Å². The van der Waals surface area contributed by atoms with Crippen molar-refractivity contribution in [3.05, 3.63) is 41.5 Å². The van der Waals surface area contributed by atoms with Crippen LogP contribution in [0.1, 0.15) is 5.69 Å². The van der Waals surface area contributed by atoms with Gasteiger partial charge in [0.25, 0.3) is 0 Å². The number of benzene rings is 1. The molecular formula is C15H11N3O4S. The summed E-state index contributed by atoms with van der Waals surface area (Å²) in [5, 5.41) is 8.99. The maximum atomic E-state index is 11.9. The van der Waals surface area contributed by atoms with Gasteiger partial charge in [-0.25, -0.2) is 4.98 Å². The monoisotopic (exact) mass is 329 g/mol. The maximum absolute atomic E-state index is 11.9. The van der Waals surface area contributed by atoms with E-state index in [-0.39, 0.29) is 19.1 Å². The summed E-state index contributed by atoms with van der Waals surface area (Å²) in [6.07, 6.45) is 1.75. The lowest BCUT2D eigenvalue weighted by atomic mass is 10.1. The summed E-state index contributed by atoms with van der Waals surface area (Å²) in [4.78, 5) is 15.9. The Bertz CT molecular complexity index is 844. The third-order valence-electron chi connectivity index (χ3n) is 3.24. The SMILES string of the molecule is O=C(Cc1cc(-c2ccc3c(c2)OCO3)on1)Nc1nccs1. The van der Waals surface area contributed by atoms with Gasteiger partial charge in [-0.3, -0.25) is 4.79 Å². The summed E-state index contributed by atoms with van der Waals surface area (Å²) >= 11 is 1.36. The lowest BCUT2D eigenvalue weighted by Gasteiger charge is -1.98. The van der Waals surface area contributed by atoms with Crippen molar-refractivity contribution in [2.45, 2.75) is 6.42 Å². The predicted molar refractivity (Wildman–Crippen MR) is 82.5 cm³/mol. The summed E-state index contributed by atoms with van der Waals surface area (Å²) in [6.45, 7) is 0.220. The first-order valence-corrected chi connectivity index (χ1v) is 7.71. The molecule has 3 heterocycles. The second kappa shape index (κ2) is 5.73. The van der Waals surface area contributed by atoms with Crippen molar-refractivity contribution in [1.82, 2.24) is 10.1 Å². The molecular weight excluding hydrogens is 318 g/mol. The van der Waals surface area contributed by atoms with Crippen LogP contribution in [0.5, 0.6) is 11.5 Å². The average molecular weight is 329 g/mol. The van der Waals surface area contributed by atoms with Gasteiger partial charge in [-0.1, -0.05) is 5.16 Å². The molecule has 0 atom stereocenters. The highest BCUT2D eigenvalue weighted by Gasteiger charge is 2.16. The lowest BCUT2D eigenvalue weighted by Crippen LogP contribution is -2.14. The summed E-state index contributed by atoms with van der Waals surface area (Å²) < 4.78 is 15.9. The van der Waals surface area contributed by atoms with E-state index in [0.29, 0.717) is 28.1 Å². The minimum Gasteiger partial charge on any atom is -0.454 e. The second-order valence-corrected chi connectivity index (χ2v) is 5.71. The molecule has 2 aromatic heterocycles. The third kappa shape index (κ3) is 2.88. The second-order valence-electron chi connectivity index (χ2n) is 4.81. The summed E-state index contributed by atoms with van der Waals surface area (Å²) in [6, 6.07) is 7.23. The Morgan fingerprint density at radius 1 is 1.26 bits per heavy atom. The van der Waals surface area contributed by atoms with Gasteiger partial charge in [0, 0.05) is 23.2 Å². The highest BCUT2D eigenvalue weighted by atomic mass is 32.1. The minimum atomic E-state index is -0.189. The van der Waals surface area contributed by atoms with Crippen LogP contribution in [0.2, 0.25) is 0 Å². The summed E-state index contributed by atoms with van der Waals surface area (Å²) in [5.41, 5.74) is 1.36. The first-order valence-electron chi connectivity index (χ1n) is 6.83. The molecule has 0 saturated carbocycles. The van der Waals surface area contributed by atoms with E-state index >= 15 is 0 Å². The molecule has 23 heavy (non-hydrogen) atoms. The number of hydrogen-bond acceptors (Lipinski definition) is 7. The number of fused-ring (bicyclic) bond motifs is 1. The fraction of sp³-hybridized carbons (Fsp3) is 0.133. The Balaban J connectivity index is 1.47. The molecule has 4 rings (SSSR count). The van der Waals surface area contributed by atoms with Gasteiger partial charge in [-0.05, 0) is 18.2 Å². The van der Waals surface area contributed by atoms with Crippen LogP contribution >= 0.6 is 11.3 Å². The molecule has 0 unspecified atom stereocenters. The van der Waals surface area contributed by atoms with Gasteiger partial charge in [0.05, 0.1) is 12.1 Å². The highest BCUT2D eigenvalue weighted by molar-refractivity contribution is 7.13. The molecule has 0 fully saturated rings. The summed E-state index contributed by atoms with van der Waals surface area (Å²) in [5.74, 6) is 1.75. The van der Waals surface area contributed by atoms with E-state index in [0.717, 1.165) is 5.56 Å². The van der Waals surface area contributed by atoms with Gasteiger partial charge in [0.1, 0.15) is 0 Å². The fourth-order valence-electron chi connectivity index (χ4n) is 2.19. The molecule has 0 aliphatic carbocycles. The van der Waals surface area contributed by atoms with Crippen LogP contribution in [0.15, 0.2) is 40.4 Å². The van der Waals surface area contributed by atoms with E-state index in [4.69, 9.17) is 14.0 Å². The smallest absolute Gasteiger partial charge is 0.232 e. The van der Waals surface area contributed by atoms with Crippen molar-refractivity contribution >= 4 is 22.4 Å². The van der Waals surface area contributed by atoms with E-state index in [2.05, 4.69) is 15.5 Å². The number of carbonyl (C=O) groups is 1. The number of thiazole rings is 1. The van der Waals surface area contributed by atoms with Crippen molar-refractivity contribution in [2.75, 3.05) is 12.1 Å². The molecule has 0 radical (unpaired) electrons. The minimum absolute atomic E-state index is 0.119. The zero-order chi connectivity index (χ0) is 15.6. The van der Waals surface area contributed by atoms with Crippen molar-refractivity contribution in [3.8, 4) is 22.8 Å². The lowest BCUT2D eigenvalue weighted by molar-refractivity contribution is -0.115. The average Bonchev–Trinajstić information content (AvgIpc) is 3.27. The molecule has 1 aliphatic heterocycles. The number of nitrogens with zero attached hydrogens (tertiary/aromatic N) is 2. The van der Waals surface area contributed by atoms with Gasteiger partial charge < -0.3 is 19.3 Å². The van der Waals surface area contributed by atoms with Crippen LogP contribution < -0.4 is 14.8 Å². The largest absolute Gasteiger partial charge is 0.454 e. The quantitative estimate of drug-likeness (QED) is 0.792. The normalized spacial score (nSPS) is 12.3. The third-order valence-corrected chi connectivity index (χ3v) is 3.92. The van der Waals surface area contributed by atoms with Crippen molar-refractivity contribution in [2.24, 2.45) is 0 Å². The first kappa shape index (κ1) is 13.8. The standard InChI is InChI=1S/C15H11N3O4S/c19-14(17-15-16-3-4-23-15)7-10-6-12(22-18-10)9-1-2-11-13(5-9)21-8-20-11/h1-6H,7-8H2,(H,16,17,19). The van der Waals surface area contributed by atoms with Crippen LogP contribution in [0.25, 0.3) is 11.3 Å². The van der Waals surface area contributed by atoms with Crippen molar-refractivity contribution in [3.63, 3.8) is 0 Å². The number of rotatable bonds is 4. The molecule has 1 amide bonds. The molecule has 116 valence electrons. The molecule has 7 nitrogen and oxygen atoms in total. The number of nitrogens with one attached hydrogen (secondary N) is 1. The first-order chi connectivity index (χ1) is 11.3. The van der Waals surface area contributed by atoms with Crippen LogP contribution in [0.4, 0.5) is 5.13 Å². The number of anilines is 1. The predicted octanol–water partition coefficient (Wildman–Crippen LogP) is 2.71.